The standard InChI is InChI=1S/C26H30O4/c1-4-22(30-25(28)26(5-2)14-15-26)17(3)21(27)16-20-18-10-6-8-12-23(18)29-24-13-9-7-11-19(20)24/h6-13,17,20,22H,4-5,14-16H2,1-3H3. The minimum absolute atomic E-state index is 0.0558. The summed E-state index contributed by atoms with van der Waals surface area (Å²) in [5.41, 5.74) is 1.77. The summed E-state index contributed by atoms with van der Waals surface area (Å²) in [5, 5.41) is 0. The van der Waals surface area contributed by atoms with Gasteiger partial charge in [0.1, 0.15) is 23.4 Å². The molecule has 0 saturated heterocycles. The number of fused-ring (bicyclic) bond motifs is 2. The number of hydrogen-bond acceptors (Lipinski definition) is 4. The highest BCUT2D eigenvalue weighted by molar-refractivity contribution is 5.84. The monoisotopic (exact) mass is 406 g/mol. The number of Topliss-reactive ketones (excluding diaryl/α,β-unsaturated/α-hetero) is 1. The number of carbonyl (C=O) groups excluding carboxylic acids is 2. The van der Waals surface area contributed by atoms with Crippen molar-refractivity contribution in [2.45, 2.75) is 64.9 Å². The number of rotatable bonds is 8. The Hall–Kier alpha value is -2.62. The van der Waals surface area contributed by atoms with Crippen molar-refractivity contribution in [1.82, 2.24) is 0 Å². The lowest BCUT2D eigenvalue weighted by molar-refractivity contribution is -0.160. The highest BCUT2D eigenvalue weighted by Crippen LogP contribution is 2.50. The molecule has 2 aliphatic rings. The van der Waals surface area contributed by atoms with E-state index in [2.05, 4.69) is 0 Å². The predicted molar refractivity (Wildman–Crippen MR) is 116 cm³/mol. The maximum absolute atomic E-state index is 13.3. The highest BCUT2D eigenvalue weighted by atomic mass is 16.5. The van der Waals surface area contributed by atoms with Gasteiger partial charge in [0.25, 0.3) is 0 Å². The summed E-state index contributed by atoms with van der Waals surface area (Å²) in [6.07, 6.45) is 3.23. The maximum atomic E-state index is 13.3. The SMILES string of the molecule is CCC(OC(=O)C1(CC)CC1)C(C)C(=O)CC1c2ccccc2Oc2ccccc21. The van der Waals surface area contributed by atoms with Crippen molar-refractivity contribution in [1.29, 1.82) is 0 Å². The normalized spacial score (nSPS) is 18.4. The Morgan fingerprint density at radius 1 is 1.03 bits per heavy atom. The van der Waals surface area contributed by atoms with Gasteiger partial charge in [-0.1, -0.05) is 57.2 Å². The number of ketones is 1. The average molecular weight is 407 g/mol. The lowest BCUT2D eigenvalue weighted by Gasteiger charge is -2.30. The third kappa shape index (κ3) is 3.76. The Morgan fingerprint density at radius 2 is 1.60 bits per heavy atom. The van der Waals surface area contributed by atoms with Gasteiger partial charge in [-0.2, -0.15) is 0 Å². The molecule has 0 amide bonds. The van der Waals surface area contributed by atoms with E-state index in [1.54, 1.807) is 0 Å². The zero-order valence-electron chi connectivity index (χ0n) is 18.0. The van der Waals surface area contributed by atoms with Gasteiger partial charge in [-0.3, -0.25) is 9.59 Å². The third-order valence-corrected chi connectivity index (χ3v) is 6.90. The van der Waals surface area contributed by atoms with Crippen LogP contribution in [0.25, 0.3) is 0 Å². The highest BCUT2D eigenvalue weighted by Gasteiger charge is 2.50. The zero-order valence-corrected chi connectivity index (χ0v) is 18.0. The molecule has 2 aromatic rings. The van der Waals surface area contributed by atoms with Gasteiger partial charge >= 0.3 is 5.97 Å². The second-order valence-electron chi connectivity index (χ2n) is 8.68. The Kier molecular flexibility index (Phi) is 5.68. The van der Waals surface area contributed by atoms with Crippen LogP contribution in [0.2, 0.25) is 0 Å². The molecule has 30 heavy (non-hydrogen) atoms. The van der Waals surface area contributed by atoms with Crippen LogP contribution < -0.4 is 4.74 Å². The first-order chi connectivity index (χ1) is 14.5. The Bertz CT molecular complexity index is 898. The fourth-order valence-corrected chi connectivity index (χ4v) is 4.48. The van der Waals surface area contributed by atoms with E-state index in [1.165, 1.54) is 0 Å². The number of hydrogen-bond donors (Lipinski definition) is 0. The van der Waals surface area contributed by atoms with Gasteiger partial charge in [0.05, 0.1) is 11.3 Å². The number of benzene rings is 2. The molecule has 0 radical (unpaired) electrons. The van der Waals surface area contributed by atoms with E-state index in [0.717, 1.165) is 41.9 Å². The van der Waals surface area contributed by atoms with Crippen molar-refractivity contribution in [2.24, 2.45) is 11.3 Å². The molecule has 0 bridgehead atoms. The second kappa shape index (κ2) is 8.25. The molecule has 158 valence electrons. The van der Waals surface area contributed by atoms with Crippen LogP contribution in [0.3, 0.4) is 0 Å². The van der Waals surface area contributed by atoms with Crippen LogP contribution in [0.4, 0.5) is 0 Å². The number of para-hydroxylation sites is 2. The molecule has 4 rings (SSSR count). The van der Waals surface area contributed by atoms with Crippen molar-refractivity contribution in [3.8, 4) is 11.5 Å². The van der Waals surface area contributed by atoms with Gasteiger partial charge in [-0.05, 0) is 37.8 Å². The predicted octanol–water partition coefficient (Wildman–Crippen LogP) is 6.03. The van der Waals surface area contributed by atoms with Crippen LogP contribution in [-0.4, -0.2) is 17.9 Å². The van der Waals surface area contributed by atoms with Gasteiger partial charge in [-0.25, -0.2) is 0 Å². The quantitative estimate of drug-likeness (QED) is 0.502. The summed E-state index contributed by atoms with van der Waals surface area (Å²) in [6.45, 7) is 5.91. The zero-order chi connectivity index (χ0) is 21.3. The molecule has 4 heteroatoms. The van der Waals surface area contributed by atoms with E-state index in [-0.39, 0.29) is 35.1 Å². The molecule has 4 nitrogen and oxygen atoms in total. The van der Waals surface area contributed by atoms with Gasteiger partial charge in [0.2, 0.25) is 0 Å². The molecule has 0 spiro atoms. The molecule has 1 fully saturated rings. The summed E-state index contributed by atoms with van der Waals surface area (Å²) < 4.78 is 11.9. The van der Waals surface area contributed by atoms with Gasteiger partial charge in [0.15, 0.2) is 0 Å². The Labute approximate surface area is 178 Å². The van der Waals surface area contributed by atoms with E-state index < -0.39 is 0 Å². The first kappa shape index (κ1) is 20.6. The molecule has 2 aromatic carbocycles. The topological polar surface area (TPSA) is 52.6 Å². The van der Waals surface area contributed by atoms with E-state index in [1.807, 2.05) is 69.3 Å². The Morgan fingerprint density at radius 3 is 2.10 bits per heavy atom. The molecule has 1 heterocycles. The lowest BCUT2D eigenvalue weighted by Crippen LogP contribution is -2.33. The fraction of sp³-hybridized carbons (Fsp3) is 0.462. The minimum atomic E-state index is -0.376. The Balaban J connectivity index is 1.52. The van der Waals surface area contributed by atoms with Crippen molar-refractivity contribution < 1.29 is 19.1 Å². The molecular weight excluding hydrogens is 376 g/mol. The van der Waals surface area contributed by atoms with Crippen LogP contribution in [0.15, 0.2) is 48.5 Å². The molecule has 2 atom stereocenters. The van der Waals surface area contributed by atoms with Crippen LogP contribution in [0.5, 0.6) is 11.5 Å². The minimum Gasteiger partial charge on any atom is -0.461 e. The maximum Gasteiger partial charge on any atom is 0.312 e. The van der Waals surface area contributed by atoms with Crippen molar-refractivity contribution in [3.63, 3.8) is 0 Å². The summed E-state index contributed by atoms with van der Waals surface area (Å²) >= 11 is 0. The summed E-state index contributed by atoms with van der Waals surface area (Å²) in [5.74, 6) is 1.21. The van der Waals surface area contributed by atoms with Gasteiger partial charge < -0.3 is 9.47 Å². The van der Waals surface area contributed by atoms with E-state index in [4.69, 9.17) is 9.47 Å². The molecular formula is C26H30O4. The fourth-order valence-electron chi connectivity index (χ4n) is 4.48. The largest absolute Gasteiger partial charge is 0.461 e. The average Bonchev–Trinajstić information content (AvgIpc) is 3.58. The first-order valence-electron chi connectivity index (χ1n) is 11.1. The van der Waals surface area contributed by atoms with Crippen LogP contribution in [0, 0.1) is 11.3 Å². The molecule has 0 aromatic heterocycles. The molecule has 1 saturated carbocycles. The van der Waals surface area contributed by atoms with Crippen LogP contribution in [0.1, 0.15) is 69.9 Å². The number of ether oxygens (including phenoxy) is 2. The van der Waals surface area contributed by atoms with Crippen LogP contribution >= 0.6 is 0 Å². The van der Waals surface area contributed by atoms with E-state index in [0.29, 0.717) is 12.8 Å². The van der Waals surface area contributed by atoms with Crippen molar-refractivity contribution in [3.05, 3.63) is 59.7 Å². The molecule has 2 unspecified atom stereocenters. The third-order valence-electron chi connectivity index (χ3n) is 6.90. The van der Waals surface area contributed by atoms with Crippen LogP contribution in [-0.2, 0) is 14.3 Å². The summed E-state index contributed by atoms with van der Waals surface area (Å²) in [4.78, 5) is 25.9. The first-order valence-corrected chi connectivity index (χ1v) is 11.1. The van der Waals surface area contributed by atoms with E-state index in [9.17, 15) is 9.59 Å². The lowest BCUT2D eigenvalue weighted by atomic mass is 9.81. The van der Waals surface area contributed by atoms with Crippen molar-refractivity contribution in [2.75, 3.05) is 0 Å². The van der Waals surface area contributed by atoms with E-state index >= 15 is 0 Å². The van der Waals surface area contributed by atoms with Crippen molar-refractivity contribution >= 4 is 11.8 Å². The van der Waals surface area contributed by atoms with Gasteiger partial charge in [-0.15, -0.1) is 0 Å². The molecule has 0 N–H and O–H groups in total. The summed E-state index contributed by atoms with van der Waals surface area (Å²) in [6, 6.07) is 15.8. The second-order valence-corrected chi connectivity index (χ2v) is 8.68. The molecule has 1 aliphatic heterocycles. The summed E-state index contributed by atoms with van der Waals surface area (Å²) in [7, 11) is 0. The van der Waals surface area contributed by atoms with Gasteiger partial charge in [0, 0.05) is 23.5 Å². The number of esters is 1. The molecule has 1 aliphatic carbocycles. The number of carbonyl (C=O) groups is 2. The smallest absolute Gasteiger partial charge is 0.312 e.